The van der Waals surface area contributed by atoms with Crippen molar-refractivity contribution in [2.45, 2.75) is 19.4 Å². The number of aromatic amines is 2. The maximum absolute atomic E-state index is 12.4. The minimum Gasteiger partial charge on any atom is -0.406 e. The zero-order valence-corrected chi connectivity index (χ0v) is 14.8. The lowest BCUT2D eigenvalue weighted by atomic mass is 10.1. The van der Waals surface area contributed by atoms with Crippen LogP contribution in [0.3, 0.4) is 0 Å². The van der Waals surface area contributed by atoms with Gasteiger partial charge in [0, 0.05) is 23.6 Å². The average molecular weight is 364 g/mol. The molecule has 1 amide bonds. The number of fused-ring (bicyclic) bond motifs is 2. The smallest absolute Gasteiger partial charge is 0.406 e. The number of aromatic nitrogens is 2. The van der Waals surface area contributed by atoms with Crippen molar-refractivity contribution >= 4 is 33.6 Å². The Bertz CT molecular complexity index is 1150. The summed E-state index contributed by atoms with van der Waals surface area (Å²) < 4.78 is 5.14. The standard InChI is InChI=1S/C20H20N4O3/c1-12(23-16-7-4-8-17-18(16)27-20(26)24-17)19(25)21-10-9-13-11-22-15-6-3-2-5-14(13)15/h2-8,11-12,22-23H,9-10H2,1H3,(H,21,25)(H,24,26). The van der Waals surface area contributed by atoms with Gasteiger partial charge in [-0.25, -0.2) is 4.79 Å². The number of oxazole rings is 1. The fraction of sp³-hybridized carbons (Fsp3) is 0.200. The van der Waals surface area contributed by atoms with Gasteiger partial charge in [-0.05, 0) is 37.1 Å². The van der Waals surface area contributed by atoms with E-state index in [0.717, 1.165) is 11.9 Å². The first-order chi connectivity index (χ1) is 13.1. The molecule has 138 valence electrons. The van der Waals surface area contributed by atoms with Crippen molar-refractivity contribution in [2.75, 3.05) is 11.9 Å². The Kier molecular flexibility index (Phi) is 4.42. The molecule has 0 spiro atoms. The van der Waals surface area contributed by atoms with Crippen LogP contribution in [0.4, 0.5) is 5.69 Å². The van der Waals surface area contributed by atoms with E-state index in [1.807, 2.05) is 24.4 Å². The second-order valence-electron chi connectivity index (χ2n) is 6.46. The van der Waals surface area contributed by atoms with Crippen molar-refractivity contribution in [2.24, 2.45) is 0 Å². The molecule has 0 saturated heterocycles. The van der Waals surface area contributed by atoms with Crippen LogP contribution in [0, 0.1) is 0 Å². The molecule has 4 aromatic rings. The predicted molar refractivity (Wildman–Crippen MR) is 105 cm³/mol. The van der Waals surface area contributed by atoms with Crippen LogP contribution in [0.2, 0.25) is 0 Å². The van der Waals surface area contributed by atoms with Crippen LogP contribution in [0.5, 0.6) is 0 Å². The summed E-state index contributed by atoms with van der Waals surface area (Å²) in [5, 5.41) is 7.22. The third-order valence-corrected chi connectivity index (χ3v) is 4.58. The summed E-state index contributed by atoms with van der Waals surface area (Å²) in [6, 6.07) is 12.9. The normalized spacial score (nSPS) is 12.3. The minimum atomic E-state index is -0.518. The van der Waals surface area contributed by atoms with E-state index in [9.17, 15) is 9.59 Å². The first-order valence-electron chi connectivity index (χ1n) is 8.83. The van der Waals surface area contributed by atoms with Crippen LogP contribution in [0.15, 0.2) is 57.9 Å². The van der Waals surface area contributed by atoms with E-state index in [1.54, 1.807) is 25.1 Å². The maximum Gasteiger partial charge on any atom is 0.417 e. The summed E-state index contributed by atoms with van der Waals surface area (Å²) in [5.41, 5.74) is 3.88. The third-order valence-electron chi connectivity index (χ3n) is 4.58. The molecule has 4 rings (SSSR count). The Hall–Kier alpha value is -3.48. The number of carbonyl (C=O) groups is 1. The van der Waals surface area contributed by atoms with E-state index in [1.165, 1.54) is 10.9 Å². The second kappa shape index (κ2) is 7.03. The number of rotatable bonds is 6. The number of para-hydroxylation sites is 2. The SMILES string of the molecule is CC(Nc1cccc2[nH]c(=O)oc12)C(=O)NCCc1c[nH]c2ccccc12. The molecule has 1 unspecified atom stereocenters. The highest BCUT2D eigenvalue weighted by Crippen LogP contribution is 2.21. The third kappa shape index (κ3) is 3.44. The molecule has 0 aliphatic heterocycles. The van der Waals surface area contributed by atoms with E-state index in [0.29, 0.717) is 23.3 Å². The fourth-order valence-electron chi connectivity index (χ4n) is 3.20. The van der Waals surface area contributed by atoms with Gasteiger partial charge in [0.05, 0.1) is 11.2 Å². The molecule has 0 saturated carbocycles. The van der Waals surface area contributed by atoms with Crippen molar-refractivity contribution in [3.63, 3.8) is 0 Å². The van der Waals surface area contributed by atoms with Gasteiger partial charge in [-0.3, -0.25) is 9.78 Å². The van der Waals surface area contributed by atoms with E-state index >= 15 is 0 Å². The molecule has 4 N–H and O–H groups in total. The van der Waals surface area contributed by atoms with Crippen molar-refractivity contribution in [1.29, 1.82) is 0 Å². The maximum atomic E-state index is 12.4. The van der Waals surface area contributed by atoms with Crippen LogP contribution >= 0.6 is 0 Å². The van der Waals surface area contributed by atoms with Gasteiger partial charge in [-0.1, -0.05) is 24.3 Å². The predicted octanol–water partition coefficient (Wildman–Crippen LogP) is 2.76. The topological polar surface area (TPSA) is 103 Å². The molecule has 0 aliphatic rings. The zero-order valence-electron chi connectivity index (χ0n) is 14.8. The summed E-state index contributed by atoms with van der Waals surface area (Å²) in [7, 11) is 0. The first-order valence-corrected chi connectivity index (χ1v) is 8.83. The van der Waals surface area contributed by atoms with Gasteiger partial charge in [0.1, 0.15) is 6.04 Å². The highest BCUT2D eigenvalue weighted by molar-refractivity contribution is 5.90. The van der Waals surface area contributed by atoms with E-state index in [4.69, 9.17) is 4.42 Å². The molecule has 0 bridgehead atoms. The lowest BCUT2D eigenvalue weighted by Gasteiger charge is -2.15. The van der Waals surface area contributed by atoms with Crippen LogP contribution in [-0.4, -0.2) is 28.5 Å². The number of hydrogen-bond acceptors (Lipinski definition) is 4. The largest absolute Gasteiger partial charge is 0.417 e. The molecule has 0 radical (unpaired) electrons. The second-order valence-corrected chi connectivity index (χ2v) is 6.46. The van der Waals surface area contributed by atoms with Gasteiger partial charge in [0.25, 0.3) is 0 Å². The molecule has 0 aliphatic carbocycles. The monoisotopic (exact) mass is 364 g/mol. The molecular formula is C20H20N4O3. The number of nitrogens with one attached hydrogen (secondary N) is 4. The summed E-state index contributed by atoms with van der Waals surface area (Å²) >= 11 is 0. The van der Waals surface area contributed by atoms with Gasteiger partial charge in [0.2, 0.25) is 5.91 Å². The van der Waals surface area contributed by atoms with Gasteiger partial charge in [0.15, 0.2) is 5.58 Å². The summed E-state index contributed by atoms with van der Waals surface area (Å²) in [4.78, 5) is 29.6. The van der Waals surface area contributed by atoms with E-state index < -0.39 is 11.8 Å². The highest BCUT2D eigenvalue weighted by Gasteiger charge is 2.15. The number of anilines is 1. The molecule has 0 fully saturated rings. The lowest BCUT2D eigenvalue weighted by molar-refractivity contribution is -0.121. The average Bonchev–Trinajstić information content (AvgIpc) is 3.25. The molecule has 2 aromatic heterocycles. The van der Waals surface area contributed by atoms with E-state index in [2.05, 4.69) is 26.7 Å². The summed E-state index contributed by atoms with van der Waals surface area (Å²) in [6.07, 6.45) is 2.72. The van der Waals surface area contributed by atoms with Crippen molar-refractivity contribution in [3.05, 3.63) is 64.8 Å². The van der Waals surface area contributed by atoms with Crippen molar-refractivity contribution in [3.8, 4) is 0 Å². The Morgan fingerprint density at radius 1 is 1.15 bits per heavy atom. The zero-order chi connectivity index (χ0) is 18.8. The van der Waals surface area contributed by atoms with Gasteiger partial charge < -0.3 is 20.0 Å². The van der Waals surface area contributed by atoms with Gasteiger partial charge >= 0.3 is 5.76 Å². The van der Waals surface area contributed by atoms with Crippen LogP contribution in [0.25, 0.3) is 22.0 Å². The lowest BCUT2D eigenvalue weighted by Crippen LogP contribution is -2.38. The number of benzene rings is 2. The summed E-state index contributed by atoms with van der Waals surface area (Å²) in [5.74, 6) is -0.639. The first kappa shape index (κ1) is 17.0. The summed E-state index contributed by atoms with van der Waals surface area (Å²) in [6.45, 7) is 2.31. The number of amides is 1. The Balaban J connectivity index is 1.37. The Labute approximate surface area is 154 Å². The van der Waals surface area contributed by atoms with E-state index in [-0.39, 0.29) is 5.91 Å². The Morgan fingerprint density at radius 3 is 2.85 bits per heavy atom. The van der Waals surface area contributed by atoms with Crippen LogP contribution < -0.4 is 16.4 Å². The van der Waals surface area contributed by atoms with Crippen LogP contribution in [-0.2, 0) is 11.2 Å². The molecule has 7 heteroatoms. The molecule has 2 heterocycles. The quantitative estimate of drug-likeness (QED) is 0.422. The van der Waals surface area contributed by atoms with Crippen molar-refractivity contribution in [1.82, 2.24) is 15.3 Å². The molecule has 1 atom stereocenters. The van der Waals surface area contributed by atoms with Gasteiger partial charge in [-0.15, -0.1) is 0 Å². The van der Waals surface area contributed by atoms with Crippen LogP contribution in [0.1, 0.15) is 12.5 Å². The van der Waals surface area contributed by atoms with Crippen molar-refractivity contribution < 1.29 is 9.21 Å². The molecule has 2 aromatic carbocycles. The molecular weight excluding hydrogens is 344 g/mol. The Morgan fingerprint density at radius 2 is 1.96 bits per heavy atom. The van der Waals surface area contributed by atoms with Gasteiger partial charge in [-0.2, -0.15) is 0 Å². The fourth-order valence-corrected chi connectivity index (χ4v) is 3.20. The molecule has 27 heavy (non-hydrogen) atoms. The highest BCUT2D eigenvalue weighted by atomic mass is 16.4. The minimum absolute atomic E-state index is 0.121. The number of hydrogen-bond donors (Lipinski definition) is 4. The number of H-pyrrole nitrogens is 2. The molecule has 7 nitrogen and oxygen atoms in total. The number of carbonyl (C=O) groups excluding carboxylic acids is 1.